The molecule has 0 radical (unpaired) electrons. The summed E-state index contributed by atoms with van der Waals surface area (Å²) < 4.78 is 0. The largest absolute Gasteiger partial charge is 0.399 e. The van der Waals surface area contributed by atoms with Crippen LogP contribution in [0.4, 0.5) is 11.4 Å². The van der Waals surface area contributed by atoms with Gasteiger partial charge in [0.1, 0.15) is 0 Å². The highest BCUT2D eigenvalue weighted by Crippen LogP contribution is 2.17. The third kappa shape index (κ3) is 4.27. The summed E-state index contributed by atoms with van der Waals surface area (Å²) in [5.41, 5.74) is 14.5. The highest BCUT2D eigenvalue weighted by atomic mass is 15.1. The van der Waals surface area contributed by atoms with E-state index < -0.39 is 0 Å². The lowest BCUT2D eigenvalue weighted by Crippen LogP contribution is -2.29. The molecule has 1 rings (SSSR count). The Bertz CT molecular complexity index is 349. The van der Waals surface area contributed by atoms with Gasteiger partial charge in [-0.1, -0.05) is 6.92 Å². The molecule has 0 heterocycles. The van der Waals surface area contributed by atoms with E-state index >= 15 is 0 Å². The minimum Gasteiger partial charge on any atom is -0.399 e. The Hall–Kier alpha value is -1.22. The molecule has 0 aliphatic carbocycles. The Morgan fingerprint density at radius 1 is 1.29 bits per heavy atom. The molecule has 0 saturated carbocycles. The maximum Gasteiger partial charge on any atom is 0.0348 e. The van der Waals surface area contributed by atoms with Crippen LogP contribution >= 0.6 is 0 Å². The summed E-state index contributed by atoms with van der Waals surface area (Å²) >= 11 is 0. The molecule has 1 atom stereocenters. The molecule has 0 bridgehead atoms. The minimum atomic E-state index is 0.646. The van der Waals surface area contributed by atoms with Crippen LogP contribution in [0.2, 0.25) is 0 Å². The number of benzene rings is 1. The summed E-state index contributed by atoms with van der Waals surface area (Å²) in [6.07, 6.45) is 3.31. The monoisotopic (exact) mass is 235 g/mol. The molecule has 0 aliphatic heterocycles. The van der Waals surface area contributed by atoms with Crippen molar-refractivity contribution in [3.05, 3.63) is 23.8 Å². The molecular formula is C14H25N3. The molecule has 0 saturated heterocycles. The second-order valence-corrected chi connectivity index (χ2v) is 4.80. The molecule has 0 aliphatic rings. The lowest BCUT2D eigenvalue weighted by atomic mass is 10.1. The van der Waals surface area contributed by atoms with Crippen LogP contribution in [0.1, 0.15) is 32.3 Å². The van der Waals surface area contributed by atoms with Crippen molar-refractivity contribution in [1.82, 2.24) is 4.90 Å². The van der Waals surface area contributed by atoms with Gasteiger partial charge in [-0.3, -0.25) is 0 Å². The number of aryl methyl sites for hydroxylation is 1. The van der Waals surface area contributed by atoms with Gasteiger partial charge >= 0.3 is 0 Å². The van der Waals surface area contributed by atoms with Crippen LogP contribution in [0.25, 0.3) is 0 Å². The first-order valence-electron chi connectivity index (χ1n) is 6.38. The number of hydrogen-bond donors (Lipinski definition) is 2. The lowest BCUT2D eigenvalue weighted by molar-refractivity contribution is 0.249. The summed E-state index contributed by atoms with van der Waals surface area (Å²) in [5, 5.41) is 0. The zero-order valence-electron chi connectivity index (χ0n) is 11.2. The Morgan fingerprint density at radius 2 is 2.00 bits per heavy atom. The summed E-state index contributed by atoms with van der Waals surface area (Å²) in [4.78, 5) is 2.39. The first kappa shape index (κ1) is 13.8. The van der Waals surface area contributed by atoms with Gasteiger partial charge in [0, 0.05) is 17.4 Å². The lowest BCUT2D eigenvalue weighted by Gasteiger charge is -2.23. The fraction of sp³-hybridized carbons (Fsp3) is 0.571. The third-order valence-corrected chi connectivity index (χ3v) is 3.47. The van der Waals surface area contributed by atoms with E-state index in [4.69, 9.17) is 11.5 Å². The van der Waals surface area contributed by atoms with E-state index in [-0.39, 0.29) is 0 Å². The van der Waals surface area contributed by atoms with Crippen LogP contribution in [0.5, 0.6) is 0 Å². The summed E-state index contributed by atoms with van der Waals surface area (Å²) in [7, 11) is 2.18. The molecule has 0 amide bonds. The van der Waals surface area contributed by atoms with E-state index in [1.165, 1.54) is 12.0 Å². The van der Waals surface area contributed by atoms with Crippen LogP contribution in [0.3, 0.4) is 0 Å². The highest BCUT2D eigenvalue weighted by Gasteiger charge is 2.06. The fourth-order valence-electron chi connectivity index (χ4n) is 1.89. The molecular weight excluding hydrogens is 210 g/mol. The van der Waals surface area contributed by atoms with Gasteiger partial charge in [0.05, 0.1) is 0 Å². The van der Waals surface area contributed by atoms with Gasteiger partial charge in [-0.15, -0.1) is 0 Å². The van der Waals surface area contributed by atoms with E-state index in [1.807, 2.05) is 18.2 Å². The van der Waals surface area contributed by atoms with E-state index in [0.717, 1.165) is 30.8 Å². The molecule has 17 heavy (non-hydrogen) atoms. The van der Waals surface area contributed by atoms with Crippen LogP contribution in [-0.2, 0) is 6.42 Å². The first-order chi connectivity index (χ1) is 8.04. The van der Waals surface area contributed by atoms with E-state index in [0.29, 0.717) is 6.04 Å². The van der Waals surface area contributed by atoms with Crippen molar-refractivity contribution in [1.29, 1.82) is 0 Å². The van der Waals surface area contributed by atoms with Crippen molar-refractivity contribution < 1.29 is 0 Å². The normalized spacial score (nSPS) is 12.9. The summed E-state index contributed by atoms with van der Waals surface area (Å²) in [6.45, 7) is 5.58. The maximum atomic E-state index is 5.92. The third-order valence-electron chi connectivity index (χ3n) is 3.47. The van der Waals surface area contributed by atoms with Gasteiger partial charge < -0.3 is 16.4 Å². The van der Waals surface area contributed by atoms with Crippen LogP contribution in [-0.4, -0.2) is 24.5 Å². The van der Waals surface area contributed by atoms with Gasteiger partial charge in [-0.05, 0) is 63.5 Å². The van der Waals surface area contributed by atoms with Gasteiger partial charge in [0.2, 0.25) is 0 Å². The topological polar surface area (TPSA) is 55.3 Å². The standard InChI is InChI=1S/C14H25N3/c1-4-11(2)17(3)9-5-6-12-10-13(15)7-8-14(12)16/h7-8,10-11H,4-6,9,15-16H2,1-3H3. The molecule has 3 heteroatoms. The Morgan fingerprint density at radius 3 is 2.65 bits per heavy atom. The summed E-state index contributed by atoms with van der Waals surface area (Å²) in [5.74, 6) is 0. The second-order valence-electron chi connectivity index (χ2n) is 4.80. The highest BCUT2D eigenvalue weighted by molar-refractivity contribution is 5.55. The van der Waals surface area contributed by atoms with Crippen LogP contribution < -0.4 is 11.5 Å². The molecule has 0 spiro atoms. The van der Waals surface area contributed by atoms with Crippen LogP contribution in [0.15, 0.2) is 18.2 Å². The molecule has 1 unspecified atom stereocenters. The second kappa shape index (κ2) is 6.50. The van der Waals surface area contributed by atoms with Gasteiger partial charge in [0.15, 0.2) is 0 Å². The SMILES string of the molecule is CCC(C)N(C)CCCc1cc(N)ccc1N. The predicted molar refractivity (Wildman–Crippen MR) is 76.0 cm³/mol. The van der Waals surface area contributed by atoms with E-state index in [9.17, 15) is 0 Å². The quantitative estimate of drug-likeness (QED) is 0.745. The van der Waals surface area contributed by atoms with Crippen LogP contribution in [0, 0.1) is 0 Å². The molecule has 3 nitrogen and oxygen atoms in total. The smallest absolute Gasteiger partial charge is 0.0348 e. The van der Waals surface area contributed by atoms with Crippen molar-refractivity contribution in [3.63, 3.8) is 0 Å². The van der Waals surface area contributed by atoms with Crippen molar-refractivity contribution in [2.45, 2.75) is 39.2 Å². The number of rotatable bonds is 6. The molecule has 0 aromatic heterocycles. The van der Waals surface area contributed by atoms with E-state index in [2.05, 4.69) is 25.8 Å². The number of hydrogen-bond acceptors (Lipinski definition) is 3. The zero-order chi connectivity index (χ0) is 12.8. The molecule has 4 N–H and O–H groups in total. The predicted octanol–water partition coefficient (Wildman–Crippen LogP) is 2.51. The Labute approximate surface area is 105 Å². The Balaban J connectivity index is 2.43. The fourth-order valence-corrected chi connectivity index (χ4v) is 1.89. The van der Waals surface area contributed by atoms with Crippen molar-refractivity contribution in [3.8, 4) is 0 Å². The maximum absolute atomic E-state index is 5.92. The van der Waals surface area contributed by atoms with Gasteiger partial charge in [-0.2, -0.15) is 0 Å². The molecule has 96 valence electrons. The number of anilines is 2. The molecule has 1 aromatic carbocycles. The molecule has 1 aromatic rings. The van der Waals surface area contributed by atoms with Gasteiger partial charge in [0.25, 0.3) is 0 Å². The first-order valence-corrected chi connectivity index (χ1v) is 6.38. The zero-order valence-corrected chi connectivity index (χ0v) is 11.2. The molecule has 0 fully saturated rings. The van der Waals surface area contributed by atoms with Gasteiger partial charge in [-0.25, -0.2) is 0 Å². The number of nitrogens with zero attached hydrogens (tertiary/aromatic N) is 1. The number of nitrogens with two attached hydrogens (primary N) is 2. The van der Waals surface area contributed by atoms with Crippen molar-refractivity contribution in [2.75, 3.05) is 25.1 Å². The average molecular weight is 235 g/mol. The van der Waals surface area contributed by atoms with E-state index in [1.54, 1.807) is 0 Å². The van der Waals surface area contributed by atoms with Crippen molar-refractivity contribution >= 4 is 11.4 Å². The van der Waals surface area contributed by atoms with Crippen molar-refractivity contribution in [2.24, 2.45) is 0 Å². The minimum absolute atomic E-state index is 0.646. The Kier molecular flexibility index (Phi) is 5.29. The number of nitrogen functional groups attached to an aromatic ring is 2. The summed E-state index contributed by atoms with van der Waals surface area (Å²) in [6, 6.07) is 6.37. The average Bonchev–Trinajstić information content (AvgIpc) is 2.32.